The highest BCUT2D eigenvalue weighted by Crippen LogP contribution is 2.89. The maximum atomic E-state index is 12.9. The van der Waals surface area contributed by atoms with Gasteiger partial charge in [-0.2, -0.15) is 0 Å². The number of fused-ring (bicyclic) bond motifs is 2. The van der Waals surface area contributed by atoms with E-state index in [1.807, 2.05) is 4.90 Å². The Kier molecular flexibility index (Phi) is 8.33. The highest BCUT2D eigenvalue weighted by Gasteiger charge is 2.84. The third-order valence-electron chi connectivity index (χ3n) is 15.4. The second kappa shape index (κ2) is 11.6. The smallest absolute Gasteiger partial charge is 0.406 e. The molecule has 0 aromatic carbocycles. The number of unbranched alkanes of at least 4 members (excludes halogenated alkanes) is 1. The lowest BCUT2D eigenvalue weighted by atomic mass is 9.46. The Labute approximate surface area is 271 Å². The highest BCUT2D eigenvalue weighted by molar-refractivity contribution is 5.76. The largest absolute Gasteiger partial charge is 0.450 e. The molecule has 1 aliphatic heterocycles. The predicted molar refractivity (Wildman–Crippen MR) is 171 cm³/mol. The molecule has 1 saturated heterocycles. The van der Waals surface area contributed by atoms with Crippen LogP contribution in [0, 0.1) is 57.2 Å². The molecular formula is C37H60N2O6. The minimum Gasteiger partial charge on any atom is -0.450 e. The molecule has 8 heteroatoms. The summed E-state index contributed by atoms with van der Waals surface area (Å²) < 4.78 is 18.2. The summed E-state index contributed by atoms with van der Waals surface area (Å²) in [6, 6.07) is 0. The van der Waals surface area contributed by atoms with E-state index in [0.29, 0.717) is 73.1 Å². The Morgan fingerprint density at radius 1 is 1.00 bits per heavy atom. The number of hydrogen-bond donors (Lipinski definition) is 2. The zero-order valence-electron chi connectivity index (χ0n) is 28.7. The molecule has 6 saturated carbocycles. The van der Waals surface area contributed by atoms with Crippen LogP contribution in [0.3, 0.4) is 0 Å². The lowest BCUT2D eigenvalue weighted by molar-refractivity contribution is -0.244. The number of amides is 2. The molecule has 7 aliphatic rings. The average molecular weight is 629 g/mol. The quantitative estimate of drug-likeness (QED) is 0.298. The maximum Gasteiger partial charge on any atom is 0.406 e. The van der Waals surface area contributed by atoms with Crippen molar-refractivity contribution in [2.24, 2.45) is 57.2 Å². The van der Waals surface area contributed by atoms with Gasteiger partial charge < -0.3 is 29.5 Å². The molecule has 0 bridgehead atoms. The fourth-order valence-electron chi connectivity index (χ4n) is 13.0. The fraction of sp³-hybridized carbons (Fsp3) is 0.946. The van der Waals surface area contributed by atoms with Gasteiger partial charge >= 0.3 is 6.09 Å². The van der Waals surface area contributed by atoms with Crippen LogP contribution in [0.4, 0.5) is 4.79 Å². The maximum absolute atomic E-state index is 12.9. The predicted octanol–water partition coefficient (Wildman–Crippen LogP) is 6.15. The number of hydrogen-bond acceptors (Lipinski definition) is 6. The summed E-state index contributed by atoms with van der Waals surface area (Å²) >= 11 is 0. The molecule has 11 atom stereocenters. The molecular weight excluding hydrogens is 568 g/mol. The summed E-state index contributed by atoms with van der Waals surface area (Å²) in [5, 5.41) is 14.0. The number of nitrogens with one attached hydrogen (secondary N) is 1. The topological polar surface area (TPSA) is 97.3 Å². The first-order valence-corrected chi connectivity index (χ1v) is 18.6. The summed E-state index contributed by atoms with van der Waals surface area (Å²) in [6.45, 7) is 12.3. The van der Waals surface area contributed by atoms with E-state index in [1.165, 1.54) is 44.9 Å². The summed E-state index contributed by atoms with van der Waals surface area (Å²) in [5.41, 5.74) is 1.05. The van der Waals surface area contributed by atoms with Gasteiger partial charge in [0.25, 0.3) is 0 Å². The Morgan fingerprint density at radius 3 is 2.56 bits per heavy atom. The van der Waals surface area contributed by atoms with Crippen molar-refractivity contribution in [1.29, 1.82) is 0 Å². The summed E-state index contributed by atoms with van der Waals surface area (Å²) in [7, 11) is 1.59. The number of aliphatic hydroxyl groups is 1. The monoisotopic (exact) mass is 628 g/mol. The van der Waals surface area contributed by atoms with Crippen molar-refractivity contribution in [3.8, 4) is 0 Å². The number of carbonyl (C=O) groups excluding carboxylic acids is 2. The molecule has 0 radical (unpaired) electrons. The Morgan fingerprint density at radius 2 is 1.80 bits per heavy atom. The molecule has 7 fully saturated rings. The van der Waals surface area contributed by atoms with Gasteiger partial charge in [-0.05, 0) is 134 Å². The Hall–Kier alpha value is -1.38. The van der Waals surface area contributed by atoms with E-state index in [0.717, 1.165) is 38.0 Å². The van der Waals surface area contributed by atoms with E-state index in [2.05, 4.69) is 33.0 Å². The van der Waals surface area contributed by atoms with E-state index in [4.69, 9.17) is 14.2 Å². The van der Waals surface area contributed by atoms with Gasteiger partial charge in [-0.25, -0.2) is 4.79 Å². The third kappa shape index (κ3) is 5.00. The van der Waals surface area contributed by atoms with Gasteiger partial charge in [0, 0.05) is 20.0 Å². The number of carbonyl (C=O) groups is 2. The minimum atomic E-state index is -0.364. The van der Waals surface area contributed by atoms with Crippen LogP contribution in [-0.4, -0.2) is 73.9 Å². The van der Waals surface area contributed by atoms with Crippen molar-refractivity contribution in [2.45, 2.75) is 130 Å². The molecule has 0 aromatic rings. The molecule has 2 spiro atoms. The highest BCUT2D eigenvalue weighted by atomic mass is 16.7. The lowest BCUT2D eigenvalue weighted by Gasteiger charge is -2.59. The van der Waals surface area contributed by atoms with Crippen LogP contribution >= 0.6 is 0 Å². The van der Waals surface area contributed by atoms with Gasteiger partial charge in [0.15, 0.2) is 6.29 Å². The summed E-state index contributed by atoms with van der Waals surface area (Å²) in [6.07, 6.45) is 13.5. The van der Waals surface area contributed by atoms with Gasteiger partial charge in [0.05, 0.1) is 32.0 Å². The number of morpholine rings is 1. The van der Waals surface area contributed by atoms with E-state index in [1.54, 1.807) is 7.05 Å². The van der Waals surface area contributed by atoms with E-state index in [9.17, 15) is 14.7 Å². The van der Waals surface area contributed by atoms with Crippen LogP contribution in [0.5, 0.6) is 0 Å². The van der Waals surface area contributed by atoms with Crippen LogP contribution in [0.25, 0.3) is 0 Å². The normalized spacial score (nSPS) is 46.3. The van der Waals surface area contributed by atoms with Gasteiger partial charge in [0.2, 0.25) is 5.91 Å². The Bertz CT molecular complexity index is 1140. The summed E-state index contributed by atoms with van der Waals surface area (Å²) in [4.78, 5) is 26.3. The van der Waals surface area contributed by atoms with Gasteiger partial charge in [-0.3, -0.25) is 4.79 Å². The number of alkyl carbamates (subject to hydrolysis) is 1. The minimum absolute atomic E-state index is 0.0554. The van der Waals surface area contributed by atoms with Crippen molar-refractivity contribution < 1.29 is 28.9 Å². The first-order valence-electron chi connectivity index (χ1n) is 18.6. The first-order chi connectivity index (χ1) is 21.5. The zero-order valence-corrected chi connectivity index (χ0v) is 28.7. The van der Waals surface area contributed by atoms with Crippen LogP contribution in [0.1, 0.15) is 111 Å². The molecule has 1 heterocycles. The van der Waals surface area contributed by atoms with Crippen molar-refractivity contribution >= 4 is 12.0 Å². The molecule has 2 N–H and O–H groups in total. The second-order valence-corrected chi connectivity index (χ2v) is 17.2. The second-order valence-electron chi connectivity index (χ2n) is 17.2. The number of rotatable bonds is 9. The number of ether oxygens (including phenoxy) is 3. The summed E-state index contributed by atoms with van der Waals surface area (Å²) in [5.74, 6) is 3.90. The molecule has 8 nitrogen and oxygen atoms in total. The molecule has 0 aromatic heterocycles. The van der Waals surface area contributed by atoms with Gasteiger partial charge in [-0.15, -0.1) is 0 Å². The molecule has 5 unspecified atom stereocenters. The molecule has 254 valence electrons. The SMILES string of the molecule is CNC(=O)OCCCCC1[C@H](O)CC2[C@@H]3CCC4C(C)(C)[C@@H](OC5CN(C(=O)CC6CC6)CCO5)CCC45[C@@H](C)[C@@]35CC[C@]12C. The molecule has 6 aliphatic carbocycles. The Balaban J connectivity index is 1.01. The standard InChI is InChI=1S/C37H60N2O6/c1-23-36-16-15-35(4)26(8-6-7-18-44-33(42)38-5)28(40)21-27(35)25(36)11-12-29-34(2,3)30(13-14-37(23,29)36)45-32-22-39(17-19-43-32)31(41)20-24-9-10-24/h23-30,32,40H,6-22H2,1-5H3,(H,38,42)/t23-,25-,26?,27?,28+,29?,30-,32?,35+,36-,37?/m0/s1. The number of aliphatic hydroxyl groups excluding tert-OH is 1. The van der Waals surface area contributed by atoms with Crippen molar-refractivity contribution in [3.05, 3.63) is 0 Å². The van der Waals surface area contributed by atoms with Crippen LogP contribution < -0.4 is 5.32 Å². The van der Waals surface area contributed by atoms with Crippen molar-refractivity contribution in [2.75, 3.05) is 33.4 Å². The number of nitrogens with zero attached hydrogens (tertiary/aromatic N) is 1. The first kappa shape index (κ1) is 32.2. The lowest BCUT2D eigenvalue weighted by Crippen LogP contribution is -2.56. The van der Waals surface area contributed by atoms with Crippen molar-refractivity contribution in [1.82, 2.24) is 10.2 Å². The van der Waals surface area contributed by atoms with Gasteiger partial charge in [0.1, 0.15) is 0 Å². The van der Waals surface area contributed by atoms with E-state index in [-0.39, 0.29) is 41.3 Å². The van der Waals surface area contributed by atoms with E-state index < -0.39 is 0 Å². The fourth-order valence-corrected chi connectivity index (χ4v) is 13.0. The van der Waals surface area contributed by atoms with Crippen molar-refractivity contribution in [3.63, 3.8) is 0 Å². The zero-order chi connectivity index (χ0) is 31.8. The van der Waals surface area contributed by atoms with Gasteiger partial charge in [-0.1, -0.05) is 27.7 Å². The average Bonchev–Trinajstić information content (AvgIpc) is 3.91. The molecule has 7 rings (SSSR count). The molecule has 2 amide bonds. The van der Waals surface area contributed by atoms with Crippen LogP contribution in [0.15, 0.2) is 0 Å². The van der Waals surface area contributed by atoms with Crippen LogP contribution in [0.2, 0.25) is 0 Å². The third-order valence-corrected chi connectivity index (χ3v) is 15.4. The molecule has 45 heavy (non-hydrogen) atoms. The van der Waals surface area contributed by atoms with Crippen LogP contribution in [-0.2, 0) is 19.0 Å². The van der Waals surface area contributed by atoms with E-state index >= 15 is 0 Å².